The molecule has 2 aromatic rings. The summed E-state index contributed by atoms with van der Waals surface area (Å²) in [5, 5.41) is 22.3. The van der Waals surface area contributed by atoms with Crippen molar-refractivity contribution in [2.45, 2.75) is 6.42 Å². The van der Waals surface area contributed by atoms with Gasteiger partial charge in [0.1, 0.15) is 11.6 Å². The van der Waals surface area contributed by atoms with Crippen LogP contribution < -0.4 is 10.6 Å². The van der Waals surface area contributed by atoms with E-state index in [9.17, 15) is 4.79 Å². The van der Waals surface area contributed by atoms with Crippen LogP contribution in [0.3, 0.4) is 0 Å². The van der Waals surface area contributed by atoms with Crippen LogP contribution in [0.4, 0.5) is 5.69 Å². The number of amides is 1. The Kier molecular flexibility index (Phi) is 5.18. The number of anilines is 1. The maximum absolute atomic E-state index is 11.7. The molecule has 3 N–H and O–H groups in total. The summed E-state index contributed by atoms with van der Waals surface area (Å²) in [6.45, 7) is 0.446. The third-order valence-corrected chi connectivity index (χ3v) is 3.05. The molecule has 1 aromatic carbocycles. The Bertz CT molecular complexity index is 701. The highest BCUT2D eigenvalue weighted by Gasteiger charge is 2.07. The van der Waals surface area contributed by atoms with Crippen LogP contribution in [0.1, 0.15) is 6.42 Å². The minimum atomic E-state index is -0.419. The Hall–Kier alpha value is -2.52. The summed E-state index contributed by atoms with van der Waals surface area (Å²) in [6.07, 6.45) is 3.77. The number of halogens is 1. The second kappa shape index (κ2) is 7.31. The fraction of sp³-hybridized carbons (Fsp3) is 0.214. The number of nitrogens with one attached hydrogen (secondary N) is 3. The number of aromatic amines is 1. The molecule has 21 heavy (non-hydrogen) atoms. The van der Waals surface area contributed by atoms with E-state index in [1.807, 2.05) is 24.3 Å². The summed E-state index contributed by atoms with van der Waals surface area (Å²) in [4.78, 5) is 11.7. The van der Waals surface area contributed by atoms with Crippen molar-refractivity contribution in [3.8, 4) is 6.07 Å². The lowest BCUT2D eigenvalue weighted by Crippen LogP contribution is -2.26. The average Bonchev–Trinajstić information content (AvgIpc) is 2.95. The van der Waals surface area contributed by atoms with Gasteiger partial charge in [0.25, 0.3) is 5.91 Å². The van der Waals surface area contributed by atoms with Gasteiger partial charge in [0.15, 0.2) is 0 Å². The Morgan fingerprint density at radius 3 is 3.14 bits per heavy atom. The van der Waals surface area contributed by atoms with E-state index in [-0.39, 0.29) is 5.57 Å². The normalized spacial score (nSPS) is 11.1. The zero-order valence-electron chi connectivity index (χ0n) is 11.2. The second-order valence-electron chi connectivity index (χ2n) is 4.28. The molecule has 0 unspecified atom stereocenters. The predicted octanol–water partition coefficient (Wildman–Crippen LogP) is 2.13. The molecule has 6 nitrogen and oxygen atoms in total. The highest BCUT2D eigenvalue weighted by molar-refractivity contribution is 6.17. The Balaban J connectivity index is 2.03. The lowest BCUT2D eigenvalue weighted by Gasteiger charge is -2.04. The number of H-pyrrole nitrogens is 1. The molecule has 1 heterocycles. The van der Waals surface area contributed by atoms with Crippen molar-refractivity contribution in [3.05, 3.63) is 36.2 Å². The summed E-state index contributed by atoms with van der Waals surface area (Å²) in [5.41, 5.74) is 1.64. The highest BCUT2D eigenvalue weighted by atomic mass is 35.5. The first-order chi connectivity index (χ1) is 10.2. The molecule has 1 aromatic heterocycles. The molecule has 1 amide bonds. The number of hydrogen-bond donors (Lipinski definition) is 3. The summed E-state index contributed by atoms with van der Waals surface area (Å²) in [6, 6.07) is 7.44. The van der Waals surface area contributed by atoms with Gasteiger partial charge >= 0.3 is 0 Å². The molecule has 0 aliphatic heterocycles. The molecule has 0 spiro atoms. The maximum Gasteiger partial charge on any atom is 0.263 e. The van der Waals surface area contributed by atoms with Gasteiger partial charge in [-0.3, -0.25) is 9.89 Å². The van der Waals surface area contributed by atoms with Crippen LogP contribution in [-0.4, -0.2) is 28.5 Å². The molecular formula is C14H14ClN5O. The van der Waals surface area contributed by atoms with Crippen molar-refractivity contribution in [1.82, 2.24) is 15.5 Å². The van der Waals surface area contributed by atoms with Crippen LogP contribution in [0, 0.1) is 11.3 Å². The number of carbonyl (C=O) groups excluding carboxylic acids is 1. The first kappa shape index (κ1) is 14.9. The molecule has 0 bridgehead atoms. The number of benzene rings is 1. The average molecular weight is 304 g/mol. The molecule has 108 valence electrons. The molecular weight excluding hydrogens is 290 g/mol. The third-order valence-electron chi connectivity index (χ3n) is 2.79. The van der Waals surface area contributed by atoms with Crippen molar-refractivity contribution in [3.63, 3.8) is 0 Å². The molecule has 7 heteroatoms. The van der Waals surface area contributed by atoms with Crippen molar-refractivity contribution < 1.29 is 4.79 Å². The van der Waals surface area contributed by atoms with E-state index >= 15 is 0 Å². The van der Waals surface area contributed by atoms with Crippen molar-refractivity contribution in [1.29, 1.82) is 5.26 Å². The maximum atomic E-state index is 11.7. The molecule has 0 fully saturated rings. The van der Waals surface area contributed by atoms with Gasteiger partial charge in [-0.1, -0.05) is 0 Å². The van der Waals surface area contributed by atoms with Gasteiger partial charge in [0, 0.05) is 29.7 Å². The van der Waals surface area contributed by atoms with E-state index in [1.165, 1.54) is 6.20 Å². The van der Waals surface area contributed by atoms with Crippen LogP contribution >= 0.6 is 11.6 Å². The minimum Gasteiger partial charge on any atom is -0.360 e. The Morgan fingerprint density at radius 2 is 2.38 bits per heavy atom. The largest absolute Gasteiger partial charge is 0.360 e. The standard InChI is InChI=1S/C14H14ClN5O/c15-4-1-5-17-14(21)11(7-16)8-18-12-3-2-10-9-19-20-13(10)6-12/h2-3,6,8-9,18H,1,4-5H2,(H,17,21)(H,19,20)/b11-8-. The van der Waals surface area contributed by atoms with Gasteiger partial charge in [-0.15, -0.1) is 11.6 Å². The number of hydrogen-bond acceptors (Lipinski definition) is 4. The molecule has 0 atom stereocenters. The zero-order chi connectivity index (χ0) is 15.1. The first-order valence-corrected chi connectivity index (χ1v) is 6.92. The smallest absolute Gasteiger partial charge is 0.263 e. The van der Waals surface area contributed by atoms with Gasteiger partial charge in [-0.25, -0.2) is 0 Å². The number of aromatic nitrogens is 2. The lowest BCUT2D eigenvalue weighted by molar-refractivity contribution is -0.117. The van der Waals surface area contributed by atoms with Crippen LogP contribution in [-0.2, 0) is 4.79 Å². The van der Waals surface area contributed by atoms with Gasteiger partial charge in [-0.2, -0.15) is 10.4 Å². The number of nitriles is 1. The van der Waals surface area contributed by atoms with E-state index < -0.39 is 5.91 Å². The van der Waals surface area contributed by atoms with Gasteiger partial charge in [-0.05, 0) is 24.6 Å². The van der Waals surface area contributed by atoms with E-state index in [2.05, 4.69) is 20.8 Å². The molecule has 2 rings (SSSR count). The number of rotatable bonds is 6. The number of carbonyl (C=O) groups is 1. The minimum absolute atomic E-state index is 0.00859. The summed E-state index contributed by atoms with van der Waals surface area (Å²) < 4.78 is 0. The van der Waals surface area contributed by atoms with Gasteiger partial charge in [0.2, 0.25) is 0 Å². The van der Waals surface area contributed by atoms with E-state index in [4.69, 9.17) is 16.9 Å². The summed E-state index contributed by atoms with van der Waals surface area (Å²) in [5.74, 6) is 0.0478. The number of nitrogens with zero attached hydrogens (tertiary/aromatic N) is 2. The van der Waals surface area contributed by atoms with E-state index in [0.717, 1.165) is 16.6 Å². The Labute approximate surface area is 126 Å². The van der Waals surface area contributed by atoms with E-state index in [1.54, 1.807) is 6.20 Å². The van der Waals surface area contributed by atoms with Crippen LogP contribution in [0.5, 0.6) is 0 Å². The molecule has 0 aliphatic carbocycles. The van der Waals surface area contributed by atoms with Crippen molar-refractivity contribution >= 4 is 34.1 Å². The van der Waals surface area contributed by atoms with Gasteiger partial charge in [0.05, 0.1) is 11.7 Å². The molecule has 0 radical (unpaired) electrons. The second-order valence-corrected chi connectivity index (χ2v) is 4.66. The number of alkyl halides is 1. The lowest BCUT2D eigenvalue weighted by atomic mass is 10.2. The molecule has 0 saturated carbocycles. The molecule has 0 saturated heterocycles. The predicted molar refractivity (Wildman–Crippen MR) is 81.8 cm³/mol. The summed E-state index contributed by atoms with van der Waals surface area (Å²) >= 11 is 5.53. The summed E-state index contributed by atoms with van der Waals surface area (Å²) in [7, 11) is 0. The first-order valence-electron chi connectivity index (χ1n) is 6.38. The van der Waals surface area contributed by atoms with Crippen molar-refractivity contribution in [2.24, 2.45) is 0 Å². The van der Waals surface area contributed by atoms with Crippen LogP contribution in [0.2, 0.25) is 0 Å². The topological polar surface area (TPSA) is 93.6 Å². The van der Waals surface area contributed by atoms with Crippen LogP contribution in [0.25, 0.3) is 10.9 Å². The van der Waals surface area contributed by atoms with Gasteiger partial charge < -0.3 is 10.6 Å². The monoisotopic (exact) mass is 303 g/mol. The Morgan fingerprint density at radius 1 is 1.52 bits per heavy atom. The zero-order valence-corrected chi connectivity index (χ0v) is 11.9. The van der Waals surface area contributed by atoms with Crippen molar-refractivity contribution in [2.75, 3.05) is 17.7 Å². The third kappa shape index (κ3) is 3.97. The fourth-order valence-electron chi connectivity index (χ4n) is 1.69. The SMILES string of the molecule is N#C/C(=C/Nc1ccc2cn[nH]c2c1)C(=O)NCCCCl. The van der Waals surface area contributed by atoms with E-state index in [0.29, 0.717) is 18.8 Å². The fourth-order valence-corrected chi connectivity index (χ4v) is 1.83. The highest BCUT2D eigenvalue weighted by Crippen LogP contribution is 2.16. The quantitative estimate of drug-likeness (QED) is 0.330. The number of fused-ring (bicyclic) bond motifs is 1. The molecule has 0 aliphatic rings. The van der Waals surface area contributed by atoms with Crippen LogP contribution in [0.15, 0.2) is 36.2 Å².